The van der Waals surface area contributed by atoms with Crippen LogP contribution in [0.25, 0.3) is 0 Å². The number of hydrogen-bond donors (Lipinski definition) is 1. The van der Waals surface area contributed by atoms with Gasteiger partial charge in [-0.25, -0.2) is 0 Å². The maximum atomic E-state index is 11.7. The van der Waals surface area contributed by atoms with Crippen LogP contribution in [0.3, 0.4) is 0 Å². The average molecular weight is 302 g/mol. The van der Waals surface area contributed by atoms with Gasteiger partial charge in [-0.2, -0.15) is 0 Å². The van der Waals surface area contributed by atoms with E-state index in [9.17, 15) is 14.4 Å². The maximum absolute atomic E-state index is 11.7. The van der Waals surface area contributed by atoms with E-state index in [0.29, 0.717) is 36.7 Å². The Morgan fingerprint density at radius 1 is 1.10 bits per heavy atom. The summed E-state index contributed by atoms with van der Waals surface area (Å²) in [5.41, 5.74) is 0. The molecule has 1 N–H and O–H groups in total. The van der Waals surface area contributed by atoms with E-state index in [1.807, 2.05) is 28.1 Å². The van der Waals surface area contributed by atoms with Crippen LogP contribution in [0.1, 0.15) is 45.4 Å². The molecule has 0 heterocycles. The lowest BCUT2D eigenvalue weighted by Gasteiger charge is -2.28. The Morgan fingerprint density at radius 3 is 2.14 bits per heavy atom. The highest BCUT2D eigenvalue weighted by atomic mass is 16.5. The first kappa shape index (κ1) is 19.6. The topological polar surface area (TPSA) is 80.7 Å². The number of nitrogens with zero attached hydrogens (tertiary/aromatic N) is 1. The first-order chi connectivity index (χ1) is 9.64. The molecule has 1 unspecified atom stereocenters. The van der Waals surface area contributed by atoms with Crippen LogP contribution in [-0.4, -0.2) is 61.1 Å². The maximum Gasteiger partial charge on any atom is 0.307 e. The van der Waals surface area contributed by atoms with E-state index in [0.717, 1.165) is 0 Å². The number of ether oxygens (including phenoxy) is 1. The van der Waals surface area contributed by atoms with Crippen molar-refractivity contribution in [3.05, 3.63) is 0 Å². The van der Waals surface area contributed by atoms with E-state index in [2.05, 4.69) is 0 Å². The quantitative estimate of drug-likeness (QED) is 0.356. The van der Waals surface area contributed by atoms with E-state index < -0.39 is 18.0 Å². The summed E-state index contributed by atoms with van der Waals surface area (Å²) < 4.78 is 5.77. The third-order valence-electron chi connectivity index (χ3n) is 2.93. The summed E-state index contributed by atoms with van der Waals surface area (Å²) >= 11 is 0. The number of carbonyl (C=O) groups excluding carboxylic acids is 2. The Morgan fingerprint density at radius 2 is 1.67 bits per heavy atom. The Hall–Kier alpha value is -1.43. The van der Waals surface area contributed by atoms with Crippen molar-refractivity contribution in [2.45, 2.75) is 51.6 Å². The number of hydrogen-bond acceptors (Lipinski definition) is 4. The van der Waals surface area contributed by atoms with Gasteiger partial charge in [-0.3, -0.25) is 14.4 Å². The molecule has 0 bridgehead atoms. The summed E-state index contributed by atoms with van der Waals surface area (Å²) in [4.78, 5) is 33.7. The molecule has 0 spiro atoms. The molecule has 0 saturated heterocycles. The van der Waals surface area contributed by atoms with Crippen LogP contribution in [0.5, 0.6) is 0 Å². The molecule has 21 heavy (non-hydrogen) atoms. The number of carboxylic acid groups (broad SMARTS) is 1. The number of carbonyl (C=O) groups is 3. The molecule has 0 rings (SSSR count). The number of unbranched alkanes of at least 4 members (excludes halogenated alkanes) is 1. The Bertz CT molecular complexity index is 360. The third kappa shape index (κ3) is 12.1. The van der Waals surface area contributed by atoms with Crippen LogP contribution in [0, 0.1) is 0 Å². The Labute approximate surface area is 126 Å². The predicted octanol–water partition coefficient (Wildman–Crippen LogP) is 1.62. The van der Waals surface area contributed by atoms with E-state index in [4.69, 9.17) is 9.84 Å². The molecule has 0 amide bonds. The van der Waals surface area contributed by atoms with E-state index in [-0.39, 0.29) is 18.6 Å². The molecule has 0 aliphatic carbocycles. The second kappa shape index (κ2) is 9.50. The zero-order chi connectivity index (χ0) is 16.5. The summed E-state index contributed by atoms with van der Waals surface area (Å²) in [5, 5.41) is 8.86. The fourth-order valence-electron chi connectivity index (χ4n) is 1.96. The summed E-state index contributed by atoms with van der Waals surface area (Å²) in [6, 6.07) is 0. The standard InChI is InChI=1S/C15H27NO5/c1-5-12(17)8-6-7-9-15(20)21-13(10-14(18)19)11-16(2,3)4/h13H,5-11H2,1-4H3/p+1. The summed E-state index contributed by atoms with van der Waals surface area (Å²) in [6.45, 7) is 2.27. The smallest absolute Gasteiger partial charge is 0.307 e. The van der Waals surface area contributed by atoms with Gasteiger partial charge in [0.15, 0.2) is 6.10 Å². The van der Waals surface area contributed by atoms with Gasteiger partial charge in [0, 0.05) is 19.3 Å². The summed E-state index contributed by atoms with van der Waals surface area (Å²) in [7, 11) is 5.75. The van der Waals surface area contributed by atoms with E-state index in [1.54, 1.807) is 0 Å². The SMILES string of the molecule is CCC(=O)CCCCC(=O)OC(CC(=O)O)C[N+](C)(C)C. The van der Waals surface area contributed by atoms with Gasteiger partial charge in [0.05, 0.1) is 27.6 Å². The van der Waals surface area contributed by atoms with Crippen LogP contribution in [0.15, 0.2) is 0 Å². The summed E-state index contributed by atoms with van der Waals surface area (Å²) in [5.74, 6) is -1.18. The third-order valence-corrected chi connectivity index (χ3v) is 2.93. The molecule has 0 aliphatic heterocycles. The van der Waals surface area contributed by atoms with Crippen LogP contribution in [-0.2, 0) is 19.1 Å². The highest BCUT2D eigenvalue weighted by molar-refractivity contribution is 5.78. The highest BCUT2D eigenvalue weighted by Gasteiger charge is 2.24. The van der Waals surface area contributed by atoms with Gasteiger partial charge in [0.2, 0.25) is 0 Å². The molecule has 0 aliphatic rings. The van der Waals surface area contributed by atoms with Crippen LogP contribution in [0.2, 0.25) is 0 Å². The average Bonchev–Trinajstić information content (AvgIpc) is 2.31. The second-order valence-corrected chi connectivity index (χ2v) is 6.28. The van der Waals surface area contributed by atoms with Gasteiger partial charge >= 0.3 is 11.9 Å². The molecular formula is C15H28NO5+. The number of rotatable bonds is 11. The van der Waals surface area contributed by atoms with Gasteiger partial charge < -0.3 is 14.3 Å². The lowest BCUT2D eigenvalue weighted by atomic mass is 10.1. The molecule has 0 radical (unpaired) electrons. The fourth-order valence-corrected chi connectivity index (χ4v) is 1.96. The van der Waals surface area contributed by atoms with Crippen molar-refractivity contribution in [2.24, 2.45) is 0 Å². The van der Waals surface area contributed by atoms with Crippen LogP contribution in [0.4, 0.5) is 0 Å². The van der Waals surface area contributed by atoms with Crippen molar-refractivity contribution >= 4 is 17.7 Å². The Balaban J connectivity index is 4.15. The zero-order valence-corrected chi connectivity index (χ0v) is 13.6. The van der Waals surface area contributed by atoms with Crippen LogP contribution < -0.4 is 0 Å². The van der Waals surface area contributed by atoms with E-state index in [1.165, 1.54) is 0 Å². The van der Waals surface area contributed by atoms with Gasteiger partial charge in [-0.05, 0) is 12.8 Å². The first-order valence-electron chi connectivity index (χ1n) is 7.37. The highest BCUT2D eigenvalue weighted by Crippen LogP contribution is 2.09. The number of Topliss-reactive ketones (excluding diaryl/α,β-unsaturated/α-hetero) is 1. The molecule has 6 heteroatoms. The number of carboxylic acids is 1. The minimum atomic E-state index is -0.977. The zero-order valence-electron chi connectivity index (χ0n) is 13.6. The minimum Gasteiger partial charge on any atom is -0.481 e. The van der Waals surface area contributed by atoms with Crippen LogP contribution >= 0.6 is 0 Å². The van der Waals surface area contributed by atoms with Gasteiger partial charge in [-0.15, -0.1) is 0 Å². The Kier molecular flexibility index (Phi) is 8.85. The molecule has 0 aromatic carbocycles. The lowest BCUT2D eigenvalue weighted by molar-refractivity contribution is -0.873. The number of quaternary nitrogens is 1. The first-order valence-corrected chi connectivity index (χ1v) is 7.37. The monoisotopic (exact) mass is 302 g/mol. The fraction of sp³-hybridized carbons (Fsp3) is 0.800. The second-order valence-electron chi connectivity index (χ2n) is 6.28. The van der Waals surface area contributed by atoms with Crippen molar-refractivity contribution in [3.8, 4) is 0 Å². The molecule has 122 valence electrons. The number of likely N-dealkylation sites (N-methyl/N-ethyl adjacent to an activating group) is 1. The lowest BCUT2D eigenvalue weighted by Crippen LogP contribution is -2.43. The van der Waals surface area contributed by atoms with E-state index >= 15 is 0 Å². The molecule has 0 saturated carbocycles. The largest absolute Gasteiger partial charge is 0.481 e. The predicted molar refractivity (Wildman–Crippen MR) is 78.8 cm³/mol. The molecule has 0 aromatic heterocycles. The number of esters is 1. The van der Waals surface area contributed by atoms with Crippen molar-refractivity contribution < 1.29 is 28.7 Å². The normalized spacial score (nSPS) is 12.8. The van der Waals surface area contributed by atoms with Crippen molar-refractivity contribution in [2.75, 3.05) is 27.7 Å². The molecule has 6 nitrogen and oxygen atoms in total. The molecule has 0 aromatic rings. The van der Waals surface area contributed by atoms with Crippen molar-refractivity contribution in [1.29, 1.82) is 0 Å². The number of ketones is 1. The van der Waals surface area contributed by atoms with Gasteiger partial charge in [0.1, 0.15) is 12.3 Å². The van der Waals surface area contributed by atoms with Gasteiger partial charge in [0.25, 0.3) is 0 Å². The number of aliphatic carboxylic acids is 1. The molecular weight excluding hydrogens is 274 g/mol. The van der Waals surface area contributed by atoms with Gasteiger partial charge in [-0.1, -0.05) is 6.92 Å². The van der Waals surface area contributed by atoms with Crippen molar-refractivity contribution in [3.63, 3.8) is 0 Å². The minimum absolute atomic E-state index is 0.185. The summed E-state index contributed by atoms with van der Waals surface area (Å²) in [6.07, 6.45) is 1.69. The molecule has 1 atom stereocenters. The molecule has 0 fully saturated rings. The van der Waals surface area contributed by atoms with Crippen molar-refractivity contribution in [1.82, 2.24) is 0 Å².